The summed E-state index contributed by atoms with van der Waals surface area (Å²) in [5, 5.41) is 3.96. The van der Waals surface area contributed by atoms with E-state index in [0.717, 1.165) is 54.4 Å². The molecule has 0 bridgehead atoms. The molecule has 0 radical (unpaired) electrons. The first-order valence-electron chi connectivity index (χ1n) is 7.18. The Labute approximate surface area is 122 Å². The average Bonchev–Trinajstić information content (AvgIpc) is 2.52. The quantitative estimate of drug-likeness (QED) is 0.890. The molecule has 1 N–H and O–H groups in total. The molecule has 3 heterocycles. The third-order valence-corrected chi connectivity index (χ3v) is 3.96. The van der Waals surface area contributed by atoms with Gasteiger partial charge in [0.25, 0.3) is 0 Å². The van der Waals surface area contributed by atoms with Crippen LogP contribution >= 0.6 is 0 Å². The standard InChI is InChI=1S/C15H16N4O2/c20-12-8-16-15-14-10(12)2-1-3-11(14)17-13(18-15)9-19-4-6-21-7-5-19/h1-3H,4-9H2,(H,16,17,18). The summed E-state index contributed by atoms with van der Waals surface area (Å²) < 4.78 is 5.36. The fraction of sp³-hybridized carbons (Fsp3) is 0.400. The molecule has 0 saturated carbocycles. The Morgan fingerprint density at radius 3 is 2.95 bits per heavy atom. The van der Waals surface area contributed by atoms with Gasteiger partial charge in [-0.1, -0.05) is 12.1 Å². The number of hydrogen-bond donors (Lipinski definition) is 1. The van der Waals surface area contributed by atoms with Gasteiger partial charge in [-0.05, 0) is 6.07 Å². The summed E-state index contributed by atoms with van der Waals surface area (Å²) in [5.74, 6) is 1.66. The molecule has 0 amide bonds. The van der Waals surface area contributed by atoms with Crippen LogP contribution in [0.3, 0.4) is 0 Å². The summed E-state index contributed by atoms with van der Waals surface area (Å²) in [6.07, 6.45) is 0. The minimum absolute atomic E-state index is 0.0950. The van der Waals surface area contributed by atoms with E-state index in [-0.39, 0.29) is 5.78 Å². The van der Waals surface area contributed by atoms with E-state index < -0.39 is 0 Å². The van der Waals surface area contributed by atoms with Gasteiger partial charge in [0.2, 0.25) is 0 Å². The van der Waals surface area contributed by atoms with Gasteiger partial charge in [0, 0.05) is 18.7 Å². The van der Waals surface area contributed by atoms with Crippen LogP contribution < -0.4 is 5.32 Å². The molecule has 2 aliphatic heterocycles. The van der Waals surface area contributed by atoms with Crippen molar-refractivity contribution in [3.8, 4) is 0 Å². The molecule has 1 aromatic carbocycles. The number of anilines is 1. The van der Waals surface area contributed by atoms with Gasteiger partial charge in [0.1, 0.15) is 11.6 Å². The maximum absolute atomic E-state index is 11.9. The first-order valence-corrected chi connectivity index (χ1v) is 7.18. The molecule has 1 aromatic heterocycles. The number of ether oxygens (including phenoxy) is 1. The Morgan fingerprint density at radius 1 is 1.24 bits per heavy atom. The van der Waals surface area contributed by atoms with Gasteiger partial charge in [0.05, 0.1) is 37.2 Å². The lowest BCUT2D eigenvalue weighted by molar-refractivity contribution is 0.0331. The zero-order valence-corrected chi connectivity index (χ0v) is 11.6. The second-order valence-electron chi connectivity index (χ2n) is 5.35. The highest BCUT2D eigenvalue weighted by atomic mass is 16.5. The number of carbonyl (C=O) groups excluding carboxylic acids is 1. The summed E-state index contributed by atoms with van der Waals surface area (Å²) in [7, 11) is 0. The van der Waals surface area contributed by atoms with Crippen molar-refractivity contribution in [1.29, 1.82) is 0 Å². The first-order chi connectivity index (χ1) is 10.3. The van der Waals surface area contributed by atoms with E-state index in [2.05, 4.69) is 20.2 Å². The second-order valence-corrected chi connectivity index (χ2v) is 5.35. The Hall–Kier alpha value is -2.05. The zero-order chi connectivity index (χ0) is 14.2. The molecule has 6 nitrogen and oxygen atoms in total. The normalized spacial score (nSPS) is 18.8. The average molecular weight is 284 g/mol. The Bertz CT molecular complexity index is 710. The van der Waals surface area contributed by atoms with Gasteiger partial charge in [0.15, 0.2) is 5.78 Å². The molecule has 0 aliphatic carbocycles. The molecule has 0 unspecified atom stereocenters. The predicted molar refractivity (Wildman–Crippen MR) is 78.5 cm³/mol. The number of aromatic nitrogens is 2. The van der Waals surface area contributed by atoms with Crippen LogP contribution in [0.4, 0.5) is 5.82 Å². The van der Waals surface area contributed by atoms with E-state index in [0.29, 0.717) is 13.1 Å². The maximum atomic E-state index is 11.9. The highest BCUT2D eigenvalue weighted by Gasteiger charge is 2.22. The Balaban J connectivity index is 1.74. The van der Waals surface area contributed by atoms with Crippen LogP contribution in [0.15, 0.2) is 18.2 Å². The van der Waals surface area contributed by atoms with E-state index in [1.165, 1.54) is 0 Å². The Kier molecular flexibility index (Phi) is 3.05. The SMILES string of the molecule is O=C1CNc2nc(CN3CCOCC3)nc3cccc1c23. The van der Waals surface area contributed by atoms with E-state index in [9.17, 15) is 4.79 Å². The summed E-state index contributed by atoms with van der Waals surface area (Å²) in [5.41, 5.74) is 1.56. The minimum atomic E-state index is 0.0950. The van der Waals surface area contributed by atoms with Gasteiger partial charge < -0.3 is 10.1 Å². The Morgan fingerprint density at radius 2 is 2.10 bits per heavy atom. The molecule has 0 atom stereocenters. The third-order valence-electron chi connectivity index (χ3n) is 3.96. The fourth-order valence-electron chi connectivity index (χ4n) is 2.88. The summed E-state index contributed by atoms with van der Waals surface area (Å²) in [6, 6.07) is 5.67. The lowest BCUT2D eigenvalue weighted by Crippen LogP contribution is -2.36. The van der Waals surface area contributed by atoms with Gasteiger partial charge >= 0.3 is 0 Å². The topological polar surface area (TPSA) is 67.4 Å². The minimum Gasteiger partial charge on any atom is -0.379 e. The molecule has 2 aromatic rings. The van der Waals surface area contributed by atoms with Gasteiger partial charge in [-0.2, -0.15) is 0 Å². The number of morpholine rings is 1. The van der Waals surface area contributed by atoms with Crippen molar-refractivity contribution in [2.24, 2.45) is 0 Å². The van der Waals surface area contributed by atoms with Crippen molar-refractivity contribution in [2.45, 2.75) is 6.54 Å². The number of hydrogen-bond acceptors (Lipinski definition) is 6. The number of nitrogens with zero attached hydrogens (tertiary/aromatic N) is 3. The molecule has 1 fully saturated rings. The van der Waals surface area contributed by atoms with Crippen molar-refractivity contribution in [3.63, 3.8) is 0 Å². The van der Waals surface area contributed by atoms with Gasteiger partial charge in [-0.15, -0.1) is 0 Å². The number of nitrogens with one attached hydrogen (secondary N) is 1. The van der Waals surface area contributed by atoms with Crippen molar-refractivity contribution in [3.05, 3.63) is 29.6 Å². The van der Waals surface area contributed by atoms with E-state index in [1.54, 1.807) is 0 Å². The lowest BCUT2D eigenvalue weighted by Gasteiger charge is -2.26. The highest BCUT2D eigenvalue weighted by molar-refractivity contribution is 6.15. The maximum Gasteiger partial charge on any atom is 0.182 e. The van der Waals surface area contributed by atoms with Crippen molar-refractivity contribution >= 4 is 22.5 Å². The van der Waals surface area contributed by atoms with Crippen LogP contribution in [-0.2, 0) is 11.3 Å². The van der Waals surface area contributed by atoms with E-state index >= 15 is 0 Å². The molecular weight excluding hydrogens is 268 g/mol. The molecule has 1 saturated heterocycles. The molecule has 4 rings (SSSR count). The van der Waals surface area contributed by atoms with Crippen molar-refractivity contribution < 1.29 is 9.53 Å². The van der Waals surface area contributed by atoms with Gasteiger partial charge in [-0.25, -0.2) is 9.97 Å². The van der Waals surface area contributed by atoms with Crippen LogP contribution in [0.1, 0.15) is 16.2 Å². The summed E-state index contributed by atoms with van der Waals surface area (Å²) in [6.45, 7) is 4.35. The monoisotopic (exact) mass is 284 g/mol. The zero-order valence-electron chi connectivity index (χ0n) is 11.6. The first kappa shape index (κ1) is 12.7. The van der Waals surface area contributed by atoms with Crippen LogP contribution in [0, 0.1) is 0 Å². The fourth-order valence-corrected chi connectivity index (χ4v) is 2.88. The van der Waals surface area contributed by atoms with E-state index in [4.69, 9.17) is 4.74 Å². The molecule has 0 spiro atoms. The lowest BCUT2D eigenvalue weighted by atomic mass is 10.0. The number of carbonyl (C=O) groups is 1. The number of benzene rings is 1. The van der Waals surface area contributed by atoms with Crippen LogP contribution in [0.25, 0.3) is 10.9 Å². The van der Waals surface area contributed by atoms with Crippen molar-refractivity contribution in [1.82, 2.24) is 14.9 Å². The van der Waals surface area contributed by atoms with Gasteiger partial charge in [-0.3, -0.25) is 9.69 Å². The summed E-state index contributed by atoms with van der Waals surface area (Å²) in [4.78, 5) is 23.4. The molecule has 6 heteroatoms. The summed E-state index contributed by atoms with van der Waals surface area (Å²) >= 11 is 0. The molecular formula is C15H16N4O2. The number of ketones is 1. The molecule has 2 aliphatic rings. The van der Waals surface area contributed by atoms with Crippen LogP contribution in [0.2, 0.25) is 0 Å². The number of Topliss-reactive ketones (excluding diaryl/α,β-unsaturated/α-hetero) is 1. The largest absolute Gasteiger partial charge is 0.379 e. The van der Waals surface area contributed by atoms with Crippen molar-refractivity contribution in [2.75, 3.05) is 38.2 Å². The molecule has 21 heavy (non-hydrogen) atoms. The third kappa shape index (κ3) is 2.26. The van der Waals surface area contributed by atoms with Crippen LogP contribution in [-0.4, -0.2) is 53.5 Å². The smallest absolute Gasteiger partial charge is 0.182 e. The van der Waals surface area contributed by atoms with E-state index in [1.807, 2.05) is 18.2 Å². The second kappa shape index (κ2) is 5.05. The van der Waals surface area contributed by atoms with Crippen LogP contribution in [0.5, 0.6) is 0 Å². The predicted octanol–water partition coefficient (Wildman–Crippen LogP) is 1.07. The number of rotatable bonds is 2. The molecule has 108 valence electrons. The highest BCUT2D eigenvalue weighted by Crippen LogP contribution is 2.28.